The zero-order valence-electron chi connectivity index (χ0n) is 16.0. The van der Waals surface area contributed by atoms with Crippen LogP contribution < -0.4 is 15.4 Å². The van der Waals surface area contributed by atoms with Crippen LogP contribution in [0, 0.1) is 5.92 Å². The normalized spacial score (nSPS) is 11.2. The maximum absolute atomic E-state index is 5.18. The van der Waals surface area contributed by atoms with Crippen molar-refractivity contribution >= 4 is 29.9 Å². The van der Waals surface area contributed by atoms with Gasteiger partial charge in [-0.15, -0.1) is 24.0 Å². The highest BCUT2D eigenvalue weighted by atomic mass is 127. The predicted octanol–water partition coefficient (Wildman–Crippen LogP) is 3.60. The van der Waals surface area contributed by atoms with E-state index in [9.17, 15) is 0 Å². The minimum Gasteiger partial charge on any atom is -0.497 e. The van der Waals surface area contributed by atoms with E-state index in [1.54, 1.807) is 7.11 Å². The Morgan fingerprint density at radius 2 is 1.92 bits per heavy atom. The molecule has 7 heteroatoms. The van der Waals surface area contributed by atoms with Crippen molar-refractivity contribution < 1.29 is 4.74 Å². The van der Waals surface area contributed by atoms with Crippen molar-refractivity contribution in [1.29, 1.82) is 0 Å². The summed E-state index contributed by atoms with van der Waals surface area (Å²) in [4.78, 5) is 4.61. The molecule has 0 spiro atoms. The van der Waals surface area contributed by atoms with Gasteiger partial charge in [0, 0.05) is 19.3 Å². The van der Waals surface area contributed by atoms with Crippen LogP contribution in [0.2, 0.25) is 0 Å². The second-order valence-electron chi connectivity index (χ2n) is 6.25. The molecule has 0 radical (unpaired) electrons. The molecular weight excluding hydrogens is 441 g/mol. The van der Waals surface area contributed by atoms with Crippen LogP contribution in [0.5, 0.6) is 5.75 Å². The average Bonchev–Trinajstić information content (AvgIpc) is 3.08. The Morgan fingerprint density at radius 3 is 2.54 bits per heavy atom. The molecule has 1 aromatic carbocycles. The van der Waals surface area contributed by atoms with Gasteiger partial charge in [-0.2, -0.15) is 5.10 Å². The van der Waals surface area contributed by atoms with Crippen LogP contribution in [0.15, 0.2) is 41.5 Å². The van der Waals surface area contributed by atoms with Gasteiger partial charge in [-0.3, -0.25) is 0 Å². The maximum atomic E-state index is 5.18. The second-order valence-corrected chi connectivity index (χ2v) is 6.25. The molecule has 0 atom stereocenters. The van der Waals surface area contributed by atoms with E-state index in [1.165, 1.54) is 0 Å². The van der Waals surface area contributed by atoms with E-state index in [4.69, 9.17) is 4.74 Å². The number of aliphatic imine (C=N–C) groups is 1. The lowest BCUT2D eigenvalue weighted by Gasteiger charge is -2.12. The van der Waals surface area contributed by atoms with Crippen LogP contribution in [-0.2, 0) is 6.54 Å². The summed E-state index contributed by atoms with van der Waals surface area (Å²) in [6.45, 7) is 8.81. The molecule has 1 aromatic heterocycles. The molecule has 0 fully saturated rings. The first-order valence-corrected chi connectivity index (χ1v) is 8.83. The summed E-state index contributed by atoms with van der Waals surface area (Å²) >= 11 is 0. The number of aromatic nitrogens is 2. The quantitative estimate of drug-likeness (QED) is 0.351. The highest BCUT2D eigenvalue weighted by Gasteiger charge is 2.03. The Hall–Kier alpha value is -1.77. The van der Waals surface area contributed by atoms with Gasteiger partial charge in [-0.25, -0.2) is 9.67 Å². The van der Waals surface area contributed by atoms with Crippen molar-refractivity contribution in [3.8, 4) is 11.4 Å². The molecule has 2 N–H and O–H groups in total. The third-order valence-electron chi connectivity index (χ3n) is 3.74. The van der Waals surface area contributed by atoms with Gasteiger partial charge in [0.25, 0.3) is 0 Å². The number of benzene rings is 1. The number of nitrogens with zero attached hydrogens (tertiary/aromatic N) is 3. The summed E-state index contributed by atoms with van der Waals surface area (Å²) in [5.74, 6) is 2.35. The van der Waals surface area contributed by atoms with Gasteiger partial charge < -0.3 is 15.4 Å². The van der Waals surface area contributed by atoms with Crippen molar-refractivity contribution in [3.05, 3.63) is 42.2 Å². The lowest BCUT2D eigenvalue weighted by Crippen LogP contribution is -2.38. The first kappa shape index (κ1) is 22.3. The standard InChI is InChI=1S/C19H29N5O.HI/c1-5-20-19(21-12-10-15(2)3)22-14-16-11-13-24(23-16)17-6-8-18(25-4)9-7-17;/h6-9,11,13,15H,5,10,12,14H2,1-4H3,(H2,20,21,22);1H. The van der Waals surface area contributed by atoms with Crippen molar-refractivity contribution in [2.75, 3.05) is 20.2 Å². The van der Waals surface area contributed by atoms with Gasteiger partial charge >= 0.3 is 0 Å². The van der Waals surface area contributed by atoms with Crippen molar-refractivity contribution in [3.63, 3.8) is 0 Å². The topological polar surface area (TPSA) is 63.5 Å². The van der Waals surface area contributed by atoms with Crippen LogP contribution in [0.25, 0.3) is 5.69 Å². The predicted molar refractivity (Wildman–Crippen MR) is 118 cm³/mol. The van der Waals surface area contributed by atoms with Gasteiger partial charge in [0.05, 0.1) is 25.0 Å². The van der Waals surface area contributed by atoms with Crippen molar-refractivity contribution in [2.24, 2.45) is 10.9 Å². The summed E-state index contributed by atoms with van der Waals surface area (Å²) in [5.41, 5.74) is 1.93. The molecule has 2 aromatic rings. The van der Waals surface area contributed by atoms with Crippen molar-refractivity contribution in [1.82, 2.24) is 20.4 Å². The van der Waals surface area contributed by atoms with E-state index in [0.29, 0.717) is 12.5 Å². The fraction of sp³-hybridized carbons (Fsp3) is 0.474. The Balaban J connectivity index is 0.00000338. The van der Waals surface area contributed by atoms with E-state index in [-0.39, 0.29) is 24.0 Å². The van der Waals surface area contributed by atoms with E-state index in [0.717, 1.165) is 42.6 Å². The number of nitrogens with one attached hydrogen (secondary N) is 2. The minimum atomic E-state index is 0. The summed E-state index contributed by atoms with van der Waals surface area (Å²) in [6, 6.07) is 9.81. The third-order valence-corrected chi connectivity index (χ3v) is 3.74. The smallest absolute Gasteiger partial charge is 0.191 e. The van der Waals surface area contributed by atoms with E-state index >= 15 is 0 Å². The fourth-order valence-electron chi connectivity index (χ4n) is 2.31. The molecule has 1 heterocycles. The SMILES string of the molecule is CCNC(=NCc1ccn(-c2ccc(OC)cc2)n1)NCCC(C)C.I. The van der Waals surface area contributed by atoms with Crippen LogP contribution in [0.1, 0.15) is 32.9 Å². The molecule has 0 amide bonds. The average molecular weight is 471 g/mol. The first-order valence-electron chi connectivity index (χ1n) is 8.83. The minimum absolute atomic E-state index is 0. The number of halogens is 1. The molecule has 6 nitrogen and oxygen atoms in total. The molecule has 0 unspecified atom stereocenters. The zero-order chi connectivity index (χ0) is 18.1. The van der Waals surface area contributed by atoms with Gasteiger partial charge in [0.2, 0.25) is 0 Å². The summed E-state index contributed by atoms with van der Waals surface area (Å²) in [7, 11) is 1.66. The third kappa shape index (κ3) is 7.23. The zero-order valence-corrected chi connectivity index (χ0v) is 18.4. The molecule has 0 saturated heterocycles. The Morgan fingerprint density at radius 1 is 1.19 bits per heavy atom. The first-order chi connectivity index (χ1) is 12.1. The highest BCUT2D eigenvalue weighted by molar-refractivity contribution is 14.0. The number of hydrogen-bond acceptors (Lipinski definition) is 3. The maximum Gasteiger partial charge on any atom is 0.191 e. The van der Waals surface area contributed by atoms with Crippen LogP contribution >= 0.6 is 24.0 Å². The van der Waals surface area contributed by atoms with Gasteiger partial charge in [0.15, 0.2) is 5.96 Å². The molecule has 26 heavy (non-hydrogen) atoms. The lowest BCUT2D eigenvalue weighted by molar-refractivity contribution is 0.414. The van der Waals surface area contributed by atoms with Crippen molar-refractivity contribution in [2.45, 2.75) is 33.7 Å². The Kier molecular flexibility index (Phi) is 10.1. The summed E-state index contributed by atoms with van der Waals surface area (Å²) in [5, 5.41) is 11.2. The monoisotopic (exact) mass is 471 g/mol. The molecule has 0 bridgehead atoms. The number of guanidine groups is 1. The summed E-state index contributed by atoms with van der Waals surface area (Å²) < 4.78 is 7.03. The Labute approximate surface area is 173 Å². The molecule has 0 aliphatic heterocycles. The molecule has 2 rings (SSSR count). The largest absolute Gasteiger partial charge is 0.497 e. The molecular formula is C19H30IN5O. The van der Waals surface area contributed by atoms with Gasteiger partial charge in [-0.05, 0) is 49.6 Å². The van der Waals surface area contributed by atoms with E-state index < -0.39 is 0 Å². The molecule has 0 saturated carbocycles. The number of methoxy groups -OCH3 is 1. The summed E-state index contributed by atoms with van der Waals surface area (Å²) in [6.07, 6.45) is 3.07. The highest BCUT2D eigenvalue weighted by Crippen LogP contribution is 2.14. The van der Waals surface area contributed by atoms with Crippen LogP contribution in [0.4, 0.5) is 0 Å². The number of rotatable bonds is 8. The number of hydrogen-bond donors (Lipinski definition) is 2. The molecule has 144 valence electrons. The lowest BCUT2D eigenvalue weighted by atomic mass is 10.1. The van der Waals surface area contributed by atoms with Crippen LogP contribution in [0.3, 0.4) is 0 Å². The second kappa shape index (κ2) is 11.8. The number of ether oxygens (including phenoxy) is 1. The molecule has 0 aliphatic carbocycles. The van der Waals surface area contributed by atoms with Gasteiger partial charge in [0.1, 0.15) is 5.75 Å². The van der Waals surface area contributed by atoms with Crippen LogP contribution in [-0.4, -0.2) is 35.9 Å². The van der Waals surface area contributed by atoms with E-state index in [1.807, 2.05) is 41.2 Å². The fourth-order valence-corrected chi connectivity index (χ4v) is 2.31. The Bertz CT molecular complexity index is 667. The molecule has 0 aliphatic rings. The van der Waals surface area contributed by atoms with Gasteiger partial charge in [-0.1, -0.05) is 13.8 Å². The van der Waals surface area contributed by atoms with E-state index in [2.05, 4.69) is 41.5 Å².